The average molecular weight is 379 g/mol. The Labute approximate surface area is 169 Å². The molecule has 0 aliphatic heterocycles. The van der Waals surface area contributed by atoms with Crippen molar-refractivity contribution in [2.45, 2.75) is 20.8 Å². The summed E-state index contributed by atoms with van der Waals surface area (Å²) >= 11 is 0. The van der Waals surface area contributed by atoms with Crippen LogP contribution in [0.4, 0.5) is 0 Å². The predicted octanol–water partition coefficient (Wildman–Crippen LogP) is 3.99. The smallest absolute Gasteiger partial charge is 0.0623 e. The first-order chi connectivity index (χ1) is 13.6. The van der Waals surface area contributed by atoms with Gasteiger partial charge in [-0.2, -0.15) is 0 Å². The zero-order chi connectivity index (χ0) is 19.6. The molecule has 1 heteroatoms. The van der Waals surface area contributed by atoms with E-state index in [1.165, 1.54) is 37.4 Å². The van der Waals surface area contributed by atoms with Crippen molar-refractivity contribution in [3.05, 3.63) is 120 Å². The number of rotatable bonds is 4. The first kappa shape index (κ1) is 18.5. The zero-order valence-electron chi connectivity index (χ0n) is 16.8. The second-order valence-electron chi connectivity index (χ2n) is 7.71. The molecule has 138 valence electrons. The van der Waals surface area contributed by atoms with Crippen LogP contribution in [0.25, 0.3) is 0 Å². The van der Waals surface area contributed by atoms with Crippen molar-refractivity contribution < 1.29 is 0 Å². The predicted molar refractivity (Wildman–Crippen MR) is 124 cm³/mol. The van der Waals surface area contributed by atoms with Crippen LogP contribution in [0, 0.1) is 20.8 Å². The highest BCUT2D eigenvalue weighted by atomic mass is 28.3. The summed E-state index contributed by atoms with van der Waals surface area (Å²) in [5.74, 6) is 0. The van der Waals surface area contributed by atoms with E-state index in [0.717, 1.165) is 0 Å². The average Bonchev–Trinajstić information content (AvgIpc) is 2.73. The molecule has 0 aliphatic carbocycles. The topological polar surface area (TPSA) is 0 Å². The minimum atomic E-state index is -2.37. The monoisotopic (exact) mass is 378 g/mol. The van der Waals surface area contributed by atoms with Gasteiger partial charge in [0.05, 0.1) is 0 Å². The molecule has 0 nitrogen and oxygen atoms in total. The lowest BCUT2D eigenvalue weighted by Gasteiger charge is -2.34. The van der Waals surface area contributed by atoms with Gasteiger partial charge in [-0.3, -0.25) is 0 Å². The van der Waals surface area contributed by atoms with Gasteiger partial charge in [-0.05, 0) is 41.5 Å². The molecule has 0 unspecified atom stereocenters. The van der Waals surface area contributed by atoms with Gasteiger partial charge in [0.2, 0.25) is 0 Å². The van der Waals surface area contributed by atoms with Gasteiger partial charge in [-0.25, -0.2) is 0 Å². The maximum absolute atomic E-state index is 2.37. The highest BCUT2D eigenvalue weighted by Gasteiger charge is 2.41. The standard InChI is InChI=1S/C27H26Si/c1-21-9-15-25(16-10-21)28(24-7-5-4-6-8-24,26-17-11-22(2)12-18-26)27-19-13-23(3)14-20-27/h4-20H,1-3H3. The molecular weight excluding hydrogens is 352 g/mol. The Hall–Kier alpha value is -2.90. The Morgan fingerprint density at radius 2 is 0.643 bits per heavy atom. The van der Waals surface area contributed by atoms with Gasteiger partial charge in [-0.15, -0.1) is 0 Å². The van der Waals surface area contributed by atoms with E-state index in [2.05, 4.69) is 124 Å². The quantitative estimate of drug-likeness (QED) is 0.372. The molecule has 0 aromatic heterocycles. The first-order valence-electron chi connectivity index (χ1n) is 9.87. The summed E-state index contributed by atoms with van der Waals surface area (Å²) < 4.78 is 0. The molecule has 0 aliphatic rings. The molecule has 0 atom stereocenters. The van der Waals surface area contributed by atoms with Crippen molar-refractivity contribution in [2.24, 2.45) is 0 Å². The molecule has 4 rings (SSSR count). The largest absolute Gasteiger partial charge is 0.179 e. The van der Waals surface area contributed by atoms with Gasteiger partial charge in [0.15, 0.2) is 8.07 Å². The lowest BCUT2D eigenvalue weighted by atomic mass is 10.2. The molecule has 0 N–H and O–H groups in total. The van der Waals surface area contributed by atoms with E-state index in [9.17, 15) is 0 Å². The molecule has 28 heavy (non-hydrogen) atoms. The van der Waals surface area contributed by atoms with Crippen LogP contribution in [0.2, 0.25) is 0 Å². The Bertz CT molecular complexity index is 933. The van der Waals surface area contributed by atoms with Crippen LogP contribution < -0.4 is 20.7 Å². The zero-order valence-corrected chi connectivity index (χ0v) is 17.8. The van der Waals surface area contributed by atoms with Crippen LogP contribution in [0.1, 0.15) is 16.7 Å². The number of hydrogen-bond donors (Lipinski definition) is 0. The normalized spacial score (nSPS) is 11.4. The van der Waals surface area contributed by atoms with Gasteiger partial charge in [0.25, 0.3) is 0 Å². The van der Waals surface area contributed by atoms with Crippen LogP contribution in [-0.2, 0) is 0 Å². The summed E-state index contributed by atoms with van der Waals surface area (Å²) in [6, 6.07) is 38.6. The van der Waals surface area contributed by atoms with E-state index in [1.54, 1.807) is 0 Å². The van der Waals surface area contributed by atoms with Crippen LogP contribution >= 0.6 is 0 Å². The fourth-order valence-corrected chi connectivity index (χ4v) is 8.79. The minimum Gasteiger partial charge on any atom is -0.0623 e. The Morgan fingerprint density at radius 3 is 0.964 bits per heavy atom. The van der Waals surface area contributed by atoms with Crippen LogP contribution in [-0.4, -0.2) is 8.07 Å². The van der Waals surface area contributed by atoms with Crippen molar-refractivity contribution in [3.63, 3.8) is 0 Å². The summed E-state index contributed by atoms with van der Waals surface area (Å²) in [4.78, 5) is 0. The molecule has 4 aromatic rings. The lowest BCUT2D eigenvalue weighted by Crippen LogP contribution is -2.74. The molecular formula is C27H26Si. The van der Waals surface area contributed by atoms with Crippen LogP contribution in [0.3, 0.4) is 0 Å². The van der Waals surface area contributed by atoms with Gasteiger partial charge in [0.1, 0.15) is 0 Å². The van der Waals surface area contributed by atoms with E-state index in [0.29, 0.717) is 0 Å². The fraction of sp³-hybridized carbons (Fsp3) is 0.111. The third-order valence-electron chi connectivity index (χ3n) is 5.66. The molecule has 0 heterocycles. The molecule has 0 saturated carbocycles. The molecule has 0 spiro atoms. The van der Waals surface area contributed by atoms with E-state index in [1.807, 2.05) is 0 Å². The van der Waals surface area contributed by atoms with Crippen LogP contribution in [0.15, 0.2) is 103 Å². The van der Waals surface area contributed by atoms with Gasteiger partial charge in [-0.1, -0.05) is 120 Å². The summed E-state index contributed by atoms with van der Waals surface area (Å²) in [7, 11) is -2.37. The molecule has 0 saturated heterocycles. The molecule has 0 radical (unpaired) electrons. The first-order valence-corrected chi connectivity index (χ1v) is 11.9. The number of hydrogen-bond acceptors (Lipinski definition) is 0. The van der Waals surface area contributed by atoms with Gasteiger partial charge >= 0.3 is 0 Å². The van der Waals surface area contributed by atoms with Crippen molar-refractivity contribution in [3.8, 4) is 0 Å². The lowest BCUT2D eigenvalue weighted by molar-refractivity contribution is 1.47. The van der Waals surface area contributed by atoms with Crippen molar-refractivity contribution in [2.75, 3.05) is 0 Å². The second kappa shape index (κ2) is 7.61. The van der Waals surface area contributed by atoms with E-state index in [4.69, 9.17) is 0 Å². The van der Waals surface area contributed by atoms with E-state index < -0.39 is 8.07 Å². The summed E-state index contributed by atoms with van der Waals surface area (Å²) in [5.41, 5.74) is 3.90. The van der Waals surface area contributed by atoms with Gasteiger partial charge in [0, 0.05) is 0 Å². The van der Waals surface area contributed by atoms with E-state index >= 15 is 0 Å². The van der Waals surface area contributed by atoms with Crippen molar-refractivity contribution in [1.82, 2.24) is 0 Å². The Balaban J connectivity index is 2.11. The van der Waals surface area contributed by atoms with Crippen molar-refractivity contribution >= 4 is 28.8 Å². The Kier molecular flexibility index (Phi) is 5.02. The Morgan fingerprint density at radius 1 is 0.357 bits per heavy atom. The third-order valence-corrected chi connectivity index (χ3v) is 10.5. The second-order valence-corrected chi connectivity index (χ2v) is 11.5. The van der Waals surface area contributed by atoms with E-state index in [-0.39, 0.29) is 0 Å². The van der Waals surface area contributed by atoms with Gasteiger partial charge < -0.3 is 0 Å². The SMILES string of the molecule is Cc1ccc([Si](c2ccccc2)(c2ccc(C)cc2)c2ccc(C)cc2)cc1. The number of benzene rings is 4. The van der Waals surface area contributed by atoms with Crippen LogP contribution in [0.5, 0.6) is 0 Å². The molecule has 0 bridgehead atoms. The minimum absolute atomic E-state index is 1.30. The summed E-state index contributed by atoms with van der Waals surface area (Å²) in [6.45, 7) is 6.48. The third kappa shape index (κ3) is 3.23. The maximum Gasteiger partial charge on any atom is 0.179 e. The number of aryl methyl sites for hydroxylation is 3. The molecule has 4 aromatic carbocycles. The molecule has 0 amide bonds. The van der Waals surface area contributed by atoms with Crippen molar-refractivity contribution in [1.29, 1.82) is 0 Å². The molecule has 0 fully saturated rings. The highest BCUT2D eigenvalue weighted by Crippen LogP contribution is 2.11. The summed E-state index contributed by atoms with van der Waals surface area (Å²) in [5, 5.41) is 5.71. The highest BCUT2D eigenvalue weighted by molar-refractivity contribution is 7.19. The maximum atomic E-state index is 2.34. The fourth-order valence-electron chi connectivity index (χ4n) is 4.10. The summed E-state index contributed by atoms with van der Waals surface area (Å²) in [6.07, 6.45) is 0.